The number of alkyl halides is 1. The van der Waals surface area contributed by atoms with Gasteiger partial charge in [-0.1, -0.05) is 5.16 Å². The Balaban J connectivity index is 1.54. The molecule has 8 nitrogen and oxygen atoms in total. The highest BCUT2D eigenvalue weighted by Gasteiger charge is 2.50. The number of methoxy groups -OCH3 is 1. The van der Waals surface area contributed by atoms with Crippen LogP contribution in [0.5, 0.6) is 5.75 Å². The van der Waals surface area contributed by atoms with Gasteiger partial charge in [0.15, 0.2) is 5.67 Å². The molecule has 0 spiro atoms. The number of hydrogen-bond donors (Lipinski definition) is 1. The fourth-order valence-corrected chi connectivity index (χ4v) is 3.67. The summed E-state index contributed by atoms with van der Waals surface area (Å²) in [7, 11) is 1.63. The number of aromatic nitrogens is 6. The third-order valence-electron chi connectivity index (χ3n) is 5.37. The van der Waals surface area contributed by atoms with E-state index < -0.39 is 5.67 Å². The van der Waals surface area contributed by atoms with Crippen LogP contribution in [0.4, 0.5) is 4.39 Å². The van der Waals surface area contributed by atoms with Gasteiger partial charge in [-0.15, -0.1) is 0 Å². The molecular weight excluding hydrogens is 363 g/mol. The molecule has 1 aliphatic heterocycles. The second-order valence-electron chi connectivity index (χ2n) is 7.12. The van der Waals surface area contributed by atoms with E-state index in [1.54, 1.807) is 13.4 Å². The number of benzene rings is 1. The molecule has 2 aliphatic rings. The van der Waals surface area contributed by atoms with Gasteiger partial charge in [-0.25, -0.2) is 9.37 Å². The van der Waals surface area contributed by atoms with E-state index in [1.165, 1.54) is 0 Å². The third-order valence-corrected chi connectivity index (χ3v) is 5.37. The Labute approximate surface area is 158 Å². The van der Waals surface area contributed by atoms with Crippen molar-refractivity contribution in [2.45, 2.75) is 24.9 Å². The molecule has 1 aromatic carbocycles. The number of rotatable bonds is 3. The topological polar surface area (TPSA) is 94.7 Å². The smallest absolute Gasteiger partial charge is 0.264 e. The van der Waals surface area contributed by atoms with E-state index in [1.807, 2.05) is 29.0 Å². The van der Waals surface area contributed by atoms with Crippen LogP contribution >= 0.6 is 0 Å². The predicted octanol–water partition coefficient (Wildman–Crippen LogP) is 3.18. The van der Waals surface area contributed by atoms with Gasteiger partial charge in [-0.05, 0) is 31.0 Å². The van der Waals surface area contributed by atoms with Gasteiger partial charge in [0.2, 0.25) is 5.82 Å². The lowest BCUT2D eigenvalue weighted by Gasteiger charge is -2.10. The van der Waals surface area contributed by atoms with Gasteiger partial charge in [0.25, 0.3) is 5.89 Å². The van der Waals surface area contributed by atoms with Crippen LogP contribution in [-0.2, 0) is 12.1 Å². The van der Waals surface area contributed by atoms with E-state index >= 15 is 0 Å². The number of halogens is 1. The number of nitrogens with one attached hydrogen (secondary N) is 1. The summed E-state index contributed by atoms with van der Waals surface area (Å²) in [6.07, 6.45) is 5.01. The molecule has 0 amide bonds. The Morgan fingerprint density at radius 3 is 3.00 bits per heavy atom. The van der Waals surface area contributed by atoms with E-state index in [-0.39, 0.29) is 5.89 Å². The number of ether oxygens (including phenoxy) is 1. The van der Waals surface area contributed by atoms with Gasteiger partial charge in [0.05, 0.1) is 24.2 Å². The zero-order valence-corrected chi connectivity index (χ0v) is 14.9. The lowest BCUT2D eigenvalue weighted by molar-refractivity contribution is 0.226. The summed E-state index contributed by atoms with van der Waals surface area (Å²) in [4.78, 5) is 8.80. The molecule has 3 aromatic heterocycles. The SMILES string of the molecule is COc1ccc2c(c1)-c1n[nH]cc1Cc1c(-c3noc(C4(F)CC4)n3)ncn1-2. The second kappa shape index (κ2) is 5.28. The molecule has 0 bridgehead atoms. The lowest BCUT2D eigenvalue weighted by atomic mass is 10.0. The van der Waals surface area contributed by atoms with E-state index in [2.05, 4.69) is 25.3 Å². The molecule has 4 heterocycles. The first-order chi connectivity index (χ1) is 13.7. The van der Waals surface area contributed by atoms with Gasteiger partial charge in [0.1, 0.15) is 17.8 Å². The van der Waals surface area contributed by atoms with Crippen LogP contribution in [0.1, 0.15) is 30.0 Å². The summed E-state index contributed by atoms with van der Waals surface area (Å²) >= 11 is 0. The zero-order valence-electron chi connectivity index (χ0n) is 14.9. The molecular formula is C19H15FN6O2. The first-order valence-corrected chi connectivity index (χ1v) is 8.97. The fraction of sp³-hybridized carbons (Fsp3) is 0.263. The monoisotopic (exact) mass is 378 g/mol. The van der Waals surface area contributed by atoms with Gasteiger partial charge < -0.3 is 13.8 Å². The van der Waals surface area contributed by atoms with Crippen molar-refractivity contribution in [2.75, 3.05) is 7.11 Å². The van der Waals surface area contributed by atoms with Crippen LogP contribution in [0.25, 0.3) is 28.5 Å². The van der Waals surface area contributed by atoms with Crippen LogP contribution < -0.4 is 4.74 Å². The Bertz CT molecular complexity index is 1220. The van der Waals surface area contributed by atoms with Crippen molar-refractivity contribution in [3.8, 4) is 34.2 Å². The molecule has 140 valence electrons. The Morgan fingerprint density at radius 2 is 2.18 bits per heavy atom. The van der Waals surface area contributed by atoms with Crippen LogP contribution in [-0.4, -0.2) is 37.0 Å². The first-order valence-electron chi connectivity index (χ1n) is 8.97. The molecule has 0 radical (unpaired) electrons. The fourth-order valence-electron chi connectivity index (χ4n) is 3.67. The van der Waals surface area contributed by atoms with Crippen LogP contribution in [0, 0.1) is 0 Å². The average molecular weight is 378 g/mol. The van der Waals surface area contributed by atoms with Crippen molar-refractivity contribution in [3.05, 3.63) is 47.9 Å². The number of nitrogens with zero attached hydrogens (tertiary/aromatic N) is 5. The van der Waals surface area contributed by atoms with Crippen molar-refractivity contribution in [2.24, 2.45) is 0 Å². The Kier molecular flexibility index (Phi) is 2.93. The minimum Gasteiger partial charge on any atom is -0.497 e. The summed E-state index contributed by atoms with van der Waals surface area (Å²) in [6, 6.07) is 5.82. The summed E-state index contributed by atoms with van der Waals surface area (Å²) in [5.74, 6) is 1.08. The highest BCUT2D eigenvalue weighted by Crippen LogP contribution is 2.49. The van der Waals surface area contributed by atoms with Crippen molar-refractivity contribution in [1.29, 1.82) is 0 Å². The summed E-state index contributed by atoms with van der Waals surface area (Å²) in [6.45, 7) is 0. The summed E-state index contributed by atoms with van der Waals surface area (Å²) in [5.41, 5.74) is 3.74. The molecule has 6 rings (SSSR count). The van der Waals surface area contributed by atoms with Crippen LogP contribution in [0.2, 0.25) is 0 Å². The van der Waals surface area contributed by atoms with Gasteiger partial charge in [0, 0.05) is 23.7 Å². The molecule has 1 fully saturated rings. The van der Waals surface area contributed by atoms with Gasteiger partial charge in [-0.2, -0.15) is 10.1 Å². The summed E-state index contributed by atoms with van der Waals surface area (Å²) in [5, 5.41) is 11.4. The molecule has 0 atom stereocenters. The van der Waals surface area contributed by atoms with Crippen molar-refractivity contribution < 1.29 is 13.7 Å². The number of H-pyrrole nitrogens is 1. The standard InChI is InChI=1S/C19H15FN6O2/c1-27-11-2-3-13-12(7-11)15-10(8-22-24-15)6-14-16(21-9-26(13)14)17-23-18(28-25-17)19(20)4-5-19/h2-3,7-9H,4-6H2,1H3,(H,22,24). The second-order valence-corrected chi connectivity index (χ2v) is 7.12. The molecule has 1 N–H and O–H groups in total. The van der Waals surface area contributed by atoms with Crippen LogP contribution in [0.3, 0.4) is 0 Å². The highest BCUT2D eigenvalue weighted by atomic mass is 19.1. The maximum atomic E-state index is 14.3. The maximum Gasteiger partial charge on any atom is 0.264 e. The van der Waals surface area contributed by atoms with Crippen molar-refractivity contribution in [3.63, 3.8) is 0 Å². The summed E-state index contributed by atoms with van der Waals surface area (Å²) < 4.78 is 26.8. The third kappa shape index (κ3) is 2.09. The first kappa shape index (κ1) is 15.6. The molecule has 0 saturated heterocycles. The molecule has 9 heteroatoms. The normalized spacial score (nSPS) is 16.1. The average Bonchev–Trinajstić information content (AvgIpc) is 3.13. The van der Waals surface area contributed by atoms with Crippen molar-refractivity contribution >= 4 is 0 Å². The zero-order chi connectivity index (χ0) is 18.9. The quantitative estimate of drug-likeness (QED) is 0.518. The highest BCUT2D eigenvalue weighted by molar-refractivity contribution is 5.77. The molecule has 1 saturated carbocycles. The Morgan fingerprint density at radius 1 is 1.29 bits per heavy atom. The molecule has 4 aromatic rings. The number of imidazole rings is 1. The van der Waals surface area contributed by atoms with E-state index in [4.69, 9.17) is 9.26 Å². The maximum absolute atomic E-state index is 14.3. The van der Waals surface area contributed by atoms with Gasteiger partial charge >= 0.3 is 0 Å². The molecule has 28 heavy (non-hydrogen) atoms. The van der Waals surface area contributed by atoms with E-state index in [0.717, 1.165) is 34.0 Å². The minimum absolute atomic E-state index is 0.0343. The van der Waals surface area contributed by atoms with E-state index in [0.29, 0.717) is 30.8 Å². The molecule has 1 aliphatic carbocycles. The number of hydrogen-bond acceptors (Lipinski definition) is 6. The van der Waals surface area contributed by atoms with Crippen molar-refractivity contribution in [1.82, 2.24) is 29.9 Å². The number of fused-ring (bicyclic) bond motifs is 5. The number of aromatic amines is 1. The predicted molar refractivity (Wildman–Crippen MR) is 95.8 cm³/mol. The Hall–Kier alpha value is -3.49. The van der Waals surface area contributed by atoms with Gasteiger partial charge in [-0.3, -0.25) is 5.10 Å². The van der Waals surface area contributed by atoms with Crippen LogP contribution in [0.15, 0.2) is 35.2 Å². The molecule has 0 unspecified atom stereocenters. The lowest BCUT2D eigenvalue weighted by Crippen LogP contribution is -2.01. The minimum atomic E-state index is -1.47. The van der Waals surface area contributed by atoms with E-state index in [9.17, 15) is 4.39 Å². The largest absolute Gasteiger partial charge is 0.497 e.